The average molecular weight is 227 g/mol. The van der Waals surface area contributed by atoms with Crippen molar-refractivity contribution in [3.63, 3.8) is 0 Å². The number of rotatable bonds is 2. The summed E-state index contributed by atoms with van der Waals surface area (Å²) in [5, 5.41) is 3.20. The Morgan fingerprint density at radius 1 is 1.56 bits per heavy atom. The molecule has 2 saturated heterocycles. The predicted molar refractivity (Wildman–Crippen MR) is 61.3 cm³/mol. The summed E-state index contributed by atoms with van der Waals surface area (Å²) < 4.78 is 5.32. The largest absolute Gasteiger partial charge is 0.378 e. The van der Waals surface area contributed by atoms with Crippen LogP contribution in [0.4, 0.5) is 0 Å². The van der Waals surface area contributed by atoms with Gasteiger partial charge in [0.15, 0.2) is 0 Å². The highest BCUT2D eigenvalue weighted by Crippen LogP contribution is 2.13. The van der Waals surface area contributed by atoms with Gasteiger partial charge in [-0.25, -0.2) is 0 Å². The van der Waals surface area contributed by atoms with Crippen molar-refractivity contribution in [3.05, 3.63) is 0 Å². The van der Waals surface area contributed by atoms with E-state index in [1.807, 2.05) is 11.9 Å². The molecule has 0 aromatic carbocycles. The van der Waals surface area contributed by atoms with Crippen molar-refractivity contribution in [2.75, 3.05) is 46.9 Å². The Morgan fingerprint density at radius 3 is 2.94 bits per heavy atom. The highest BCUT2D eigenvalue weighted by molar-refractivity contribution is 5.82. The molecule has 0 aromatic rings. The molecular formula is C11H21N3O2. The highest BCUT2D eigenvalue weighted by Gasteiger charge is 2.31. The van der Waals surface area contributed by atoms with Crippen LogP contribution in [0.1, 0.15) is 6.42 Å². The van der Waals surface area contributed by atoms with Gasteiger partial charge in [0.25, 0.3) is 0 Å². The number of carbonyl (C=O) groups excluding carboxylic acids is 1. The summed E-state index contributed by atoms with van der Waals surface area (Å²) >= 11 is 0. The molecular weight excluding hydrogens is 206 g/mol. The van der Waals surface area contributed by atoms with Crippen LogP contribution in [0.5, 0.6) is 0 Å². The summed E-state index contributed by atoms with van der Waals surface area (Å²) in [6, 6.07) is 0.214. The molecule has 2 aliphatic heterocycles. The molecule has 0 spiro atoms. The Balaban J connectivity index is 1.88. The summed E-state index contributed by atoms with van der Waals surface area (Å²) in [7, 11) is 4.00. The quantitative estimate of drug-likeness (QED) is 0.666. The predicted octanol–water partition coefficient (Wildman–Crippen LogP) is -0.863. The maximum Gasteiger partial charge on any atom is 0.242 e. The van der Waals surface area contributed by atoms with E-state index in [0.717, 1.165) is 26.1 Å². The Morgan fingerprint density at radius 2 is 2.38 bits per heavy atom. The lowest BCUT2D eigenvalue weighted by atomic mass is 10.2. The van der Waals surface area contributed by atoms with Gasteiger partial charge in [-0.3, -0.25) is 4.79 Å². The third-order valence-corrected chi connectivity index (χ3v) is 3.48. The Bertz CT molecular complexity index is 254. The number of morpholine rings is 1. The summed E-state index contributed by atoms with van der Waals surface area (Å²) in [6.07, 6.45) is 1.08. The Hall–Kier alpha value is -0.650. The van der Waals surface area contributed by atoms with Crippen LogP contribution >= 0.6 is 0 Å². The Kier molecular flexibility index (Phi) is 3.78. The molecule has 0 aromatic heterocycles. The first kappa shape index (κ1) is 11.8. The zero-order valence-electron chi connectivity index (χ0n) is 10.1. The lowest BCUT2D eigenvalue weighted by Gasteiger charge is -2.31. The minimum atomic E-state index is -0.148. The molecule has 2 heterocycles. The summed E-state index contributed by atoms with van der Waals surface area (Å²) in [5.74, 6) is 0.167. The minimum Gasteiger partial charge on any atom is -0.378 e. The maximum atomic E-state index is 12.2. The molecule has 1 N–H and O–H groups in total. The first-order valence-electron chi connectivity index (χ1n) is 5.95. The lowest BCUT2D eigenvalue weighted by molar-refractivity contribution is -0.136. The second-order valence-electron chi connectivity index (χ2n) is 4.74. The molecule has 92 valence electrons. The van der Waals surface area contributed by atoms with Crippen molar-refractivity contribution in [1.29, 1.82) is 0 Å². The van der Waals surface area contributed by atoms with Gasteiger partial charge < -0.3 is 19.9 Å². The first-order valence-corrected chi connectivity index (χ1v) is 5.95. The van der Waals surface area contributed by atoms with Crippen molar-refractivity contribution < 1.29 is 9.53 Å². The zero-order valence-corrected chi connectivity index (χ0v) is 10.1. The number of likely N-dealkylation sites (N-methyl/N-ethyl adjacent to an activating group) is 2. The molecule has 0 bridgehead atoms. The molecule has 0 saturated carbocycles. The topological polar surface area (TPSA) is 44.8 Å². The van der Waals surface area contributed by atoms with Gasteiger partial charge in [0.2, 0.25) is 5.91 Å². The zero-order chi connectivity index (χ0) is 11.5. The van der Waals surface area contributed by atoms with Gasteiger partial charge >= 0.3 is 0 Å². The monoisotopic (exact) mass is 227 g/mol. The molecule has 2 fully saturated rings. The molecule has 2 atom stereocenters. The van der Waals surface area contributed by atoms with Crippen molar-refractivity contribution in [3.8, 4) is 0 Å². The van der Waals surface area contributed by atoms with Gasteiger partial charge in [-0.2, -0.15) is 0 Å². The van der Waals surface area contributed by atoms with Crippen LogP contribution in [0, 0.1) is 0 Å². The maximum absolute atomic E-state index is 12.2. The fourth-order valence-electron chi connectivity index (χ4n) is 2.38. The van der Waals surface area contributed by atoms with E-state index in [4.69, 9.17) is 4.74 Å². The summed E-state index contributed by atoms with van der Waals surface area (Å²) in [6.45, 7) is 4.05. The summed E-state index contributed by atoms with van der Waals surface area (Å²) in [5.41, 5.74) is 0. The number of carbonyl (C=O) groups is 1. The molecule has 0 aliphatic carbocycles. The van der Waals surface area contributed by atoms with E-state index in [-0.39, 0.29) is 11.9 Å². The number of ether oxygens (including phenoxy) is 1. The van der Waals surface area contributed by atoms with Crippen LogP contribution in [0.3, 0.4) is 0 Å². The van der Waals surface area contributed by atoms with Crippen LogP contribution in [-0.4, -0.2) is 74.7 Å². The standard InChI is InChI=1S/C11H21N3O2/c1-13-5-3-9(7-13)14(2)11(15)10-8-16-6-4-12-10/h9-10,12H,3-8H2,1-2H3. The van der Waals surface area contributed by atoms with Gasteiger partial charge in [-0.1, -0.05) is 0 Å². The number of likely N-dealkylation sites (tertiary alicyclic amines) is 1. The van der Waals surface area contributed by atoms with Gasteiger partial charge in [0, 0.05) is 26.2 Å². The van der Waals surface area contributed by atoms with E-state index in [1.165, 1.54) is 0 Å². The van der Waals surface area contributed by atoms with Crippen LogP contribution in [0.25, 0.3) is 0 Å². The van der Waals surface area contributed by atoms with Crippen LogP contribution < -0.4 is 5.32 Å². The normalized spacial score (nSPS) is 31.6. The van der Waals surface area contributed by atoms with Gasteiger partial charge in [0.1, 0.15) is 6.04 Å². The molecule has 2 unspecified atom stereocenters. The van der Waals surface area contributed by atoms with E-state index < -0.39 is 0 Å². The second kappa shape index (κ2) is 5.12. The SMILES string of the molecule is CN1CCC(N(C)C(=O)C2COCCN2)C1. The van der Waals surface area contributed by atoms with E-state index in [9.17, 15) is 4.79 Å². The molecule has 16 heavy (non-hydrogen) atoms. The molecule has 1 amide bonds. The number of hydrogen-bond donors (Lipinski definition) is 1. The second-order valence-corrected chi connectivity index (χ2v) is 4.74. The fraction of sp³-hybridized carbons (Fsp3) is 0.909. The van der Waals surface area contributed by atoms with Crippen LogP contribution in [0.2, 0.25) is 0 Å². The number of hydrogen-bond acceptors (Lipinski definition) is 4. The fourth-order valence-corrected chi connectivity index (χ4v) is 2.38. The molecule has 2 rings (SSSR count). The minimum absolute atomic E-state index is 0.148. The lowest BCUT2D eigenvalue weighted by Crippen LogP contribution is -2.54. The third-order valence-electron chi connectivity index (χ3n) is 3.48. The molecule has 2 aliphatic rings. The van der Waals surface area contributed by atoms with Crippen LogP contribution in [0.15, 0.2) is 0 Å². The molecule has 0 radical (unpaired) electrons. The van der Waals surface area contributed by atoms with E-state index >= 15 is 0 Å². The number of nitrogens with one attached hydrogen (secondary N) is 1. The summed E-state index contributed by atoms with van der Waals surface area (Å²) in [4.78, 5) is 16.3. The first-order chi connectivity index (χ1) is 7.68. The van der Waals surface area contributed by atoms with Gasteiger partial charge in [-0.15, -0.1) is 0 Å². The molecule has 5 nitrogen and oxygen atoms in total. The van der Waals surface area contributed by atoms with Crippen molar-refractivity contribution in [1.82, 2.24) is 15.1 Å². The smallest absolute Gasteiger partial charge is 0.242 e. The van der Waals surface area contributed by atoms with Gasteiger partial charge in [-0.05, 0) is 20.0 Å². The molecule has 5 heteroatoms. The van der Waals surface area contributed by atoms with Crippen LogP contribution in [-0.2, 0) is 9.53 Å². The third kappa shape index (κ3) is 2.53. The van der Waals surface area contributed by atoms with E-state index in [2.05, 4.69) is 17.3 Å². The average Bonchev–Trinajstić information content (AvgIpc) is 2.75. The highest BCUT2D eigenvalue weighted by atomic mass is 16.5. The van der Waals surface area contributed by atoms with Crippen molar-refractivity contribution >= 4 is 5.91 Å². The van der Waals surface area contributed by atoms with E-state index in [0.29, 0.717) is 19.3 Å². The van der Waals surface area contributed by atoms with Gasteiger partial charge in [0.05, 0.1) is 13.2 Å². The Labute approximate surface area is 96.7 Å². The van der Waals surface area contributed by atoms with Crippen molar-refractivity contribution in [2.45, 2.75) is 18.5 Å². The number of amides is 1. The van der Waals surface area contributed by atoms with E-state index in [1.54, 1.807) is 0 Å². The number of nitrogens with zero attached hydrogens (tertiary/aromatic N) is 2. The van der Waals surface area contributed by atoms with Crippen molar-refractivity contribution in [2.24, 2.45) is 0 Å².